The first-order valence-electron chi connectivity index (χ1n) is 18.1. The Bertz CT molecular complexity index is 2660. The lowest BCUT2D eigenvalue weighted by Crippen LogP contribution is -2.40. The molecule has 1 spiro atoms. The molecule has 0 saturated heterocycles. The van der Waals surface area contributed by atoms with Gasteiger partial charge in [-0.1, -0.05) is 103 Å². The quantitative estimate of drug-likeness (QED) is 0.191. The molecule has 4 fully saturated rings. The highest BCUT2D eigenvalue weighted by Crippen LogP contribution is 2.73. The first-order chi connectivity index (χ1) is 24.3. The second kappa shape index (κ2) is 9.39. The Morgan fingerprint density at radius 2 is 1.31 bits per heavy atom. The maximum atomic E-state index is 5.34. The highest BCUT2D eigenvalue weighted by Gasteiger charge is 2.66. The molecule has 234 valence electrons. The van der Waals surface area contributed by atoms with Gasteiger partial charge in [0.05, 0.1) is 22.1 Å². The normalized spacial score (nSPS) is 24.5. The molecule has 49 heavy (non-hydrogen) atoms. The van der Waals surface area contributed by atoms with Gasteiger partial charge in [-0.15, -0.1) is 0 Å². The van der Waals surface area contributed by atoms with Crippen molar-refractivity contribution in [2.75, 3.05) is 0 Å². The van der Waals surface area contributed by atoms with Gasteiger partial charge >= 0.3 is 0 Å². The molecular formula is C46H35N3. The molecule has 2 aromatic heterocycles. The van der Waals surface area contributed by atoms with Gasteiger partial charge in [0.1, 0.15) is 0 Å². The molecule has 3 heteroatoms. The summed E-state index contributed by atoms with van der Waals surface area (Å²) in [6, 6.07) is 51.9. The third-order valence-corrected chi connectivity index (χ3v) is 13.1. The minimum absolute atomic E-state index is 0.180. The summed E-state index contributed by atoms with van der Waals surface area (Å²) < 4.78 is 4.71. The van der Waals surface area contributed by atoms with E-state index >= 15 is 0 Å². The van der Waals surface area contributed by atoms with E-state index in [1.54, 1.807) is 11.1 Å². The molecular weight excluding hydrogens is 595 g/mol. The summed E-state index contributed by atoms with van der Waals surface area (Å²) >= 11 is 0. The number of hydrogen-bond acceptors (Lipinski definition) is 1. The fourth-order valence-electron chi connectivity index (χ4n) is 11.6. The number of fused-ring (bicyclic) bond motifs is 7. The van der Waals surface area contributed by atoms with Gasteiger partial charge in [-0.3, -0.25) is 9.13 Å². The van der Waals surface area contributed by atoms with Crippen LogP contribution in [0, 0.1) is 23.7 Å². The van der Waals surface area contributed by atoms with Gasteiger partial charge in [-0.05, 0) is 119 Å². The Hall–Kier alpha value is -5.41. The van der Waals surface area contributed by atoms with Crippen molar-refractivity contribution >= 4 is 32.8 Å². The summed E-state index contributed by atoms with van der Waals surface area (Å²) in [5, 5.41) is 2.50. The van der Waals surface area contributed by atoms with Crippen molar-refractivity contribution in [1.82, 2.24) is 14.1 Å². The van der Waals surface area contributed by atoms with Gasteiger partial charge in [-0.2, -0.15) is 0 Å². The lowest BCUT2D eigenvalue weighted by atomic mass is 9.59. The molecule has 5 aliphatic carbocycles. The molecule has 5 atom stereocenters. The van der Waals surface area contributed by atoms with Crippen LogP contribution in [0.4, 0.5) is 0 Å². The highest BCUT2D eigenvalue weighted by molar-refractivity contribution is 6.10. The predicted molar refractivity (Wildman–Crippen MR) is 199 cm³/mol. The van der Waals surface area contributed by atoms with Crippen molar-refractivity contribution in [3.05, 3.63) is 151 Å². The molecule has 0 aliphatic heterocycles. The minimum atomic E-state index is 0.180. The fourth-order valence-corrected chi connectivity index (χ4v) is 11.6. The molecule has 4 saturated carbocycles. The molecule has 5 aliphatic rings. The summed E-state index contributed by atoms with van der Waals surface area (Å²) in [6.07, 6.45) is 5.68. The monoisotopic (exact) mass is 629 g/mol. The van der Waals surface area contributed by atoms with Crippen LogP contribution in [0.5, 0.6) is 0 Å². The van der Waals surface area contributed by atoms with Gasteiger partial charge in [0, 0.05) is 21.9 Å². The van der Waals surface area contributed by atoms with Crippen molar-refractivity contribution in [1.29, 1.82) is 0 Å². The summed E-state index contributed by atoms with van der Waals surface area (Å²) in [7, 11) is 0. The Balaban J connectivity index is 1.14. The number of benzene rings is 6. The summed E-state index contributed by atoms with van der Waals surface area (Å²) in [5.74, 6) is 4.30. The third kappa shape index (κ3) is 3.27. The van der Waals surface area contributed by atoms with Gasteiger partial charge < -0.3 is 0 Å². The molecule has 13 rings (SSSR count). The molecule has 0 radical (unpaired) electrons. The van der Waals surface area contributed by atoms with Crippen LogP contribution >= 0.6 is 0 Å². The second-order valence-corrected chi connectivity index (χ2v) is 15.2. The van der Waals surface area contributed by atoms with Crippen molar-refractivity contribution in [3.63, 3.8) is 0 Å². The van der Waals surface area contributed by atoms with E-state index < -0.39 is 0 Å². The largest absolute Gasteiger partial charge is 0.279 e. The molecule has 3 nitrogen and oxygen atoms in total. The molecule has 0 N–H and O–H groups in total. The Morgan fingerprint density at radius 3 is 2.22 bits per heavy atom. The van der Waals surface area contributed by atoms with E-state index in [2.05, 4.69) is 149 Å². The Kier molecular flexibility index (Phi) is 5.08. The standard InChI is InChI=1S/C46H35N3/c1-2-11-32(12-3-1)48-42-20-9-7-18-40(42)47-45(48)49-41-19-8-5-13-34(41)35-22-21-29(27-43(35)49)33-15-10-17-38-44(33)36-14-4-6-16-37(36)46(38)31-24-28-23-30(26-31)39(46)25-28/h1-22,27-28,30-31,39H,23-26H2. The summed E-state index contributed by atoms with van der Waals surface area (Å²) in [5.41, 5.74) is 14.5. The van der Waals surface area contributed by atoms with E-state index in [0.717, 1.165) is 46.3 Å². The maximum absolute atomic E-state index is 5.34. The van der Waals surface area contributed by atoms with E-state index in [1.807, 2.05) is 0 Å². The number of nitrogens with zero attached hydrogens (tertiary/aromatic N) is 3. The van der Waals surface area contributed by atoms with Crippen molar-refractivity contribution in [3.8, 4) is 33.9 Å². The number of rotatable bonds is 3. The molecule has 8 aromatic rings. The van der Waals surface area contributed by atoms with Crippen LogP contribution in [0.3, 0.4) is 0 Å². The first kappa shape index (κ1) is 26.5. The number of hydrogen-bond donors (Lipinski definition) is 0. The van der Waals surface area contributed by atoms with Gasteiger partial charge in [0.25, 0.3) is 0 Å². The van der Waals surface area contributed by atoms with Crippen molar-refractivity contribution in [2.45, 2.75) is 31.1 Å². The SMILES string of the molecule is c1ccc(-n2c(-n3c4ccccc4c4ccc(-c5cccc6c5-c5ccccc5C65C6CC7CC(C6)C5C7)cc43)nc3ccccc32)cc1. The minimum Gasteiger partial charge on any atom is -0.279 e. The van der Waals surface area contributed by atoms with Crippen LogP contribution in [-0.2, 0) is 5.41 Å². The summed E-state index contributed by atoms with van der Waals surface area (Å²) in [4.78, 5) is 5.34. The van der Waals surface area contributed by atoms with Crippen molar-refractivity contribution in [2.24, 2.45) is 23.7 Å². The first-order valence-corrected chi connectivity index (χ1v) is 18.1. The lowest BCUT2D eigenvalue weighted by Gasteiger charge is -2.43. The highest BCUT2D eigenvalue weighted by atomic mass is 15.2. The zero-order chi connectivity index (χ0) is 31.8. The number of imidazole rings is 1. The van der Waals surface area contributed by atoms with E-state index in [1.165, 1.54) is 69.7 Å². The van der Waals surface area contributed by atoms with Crippen molar-refractivity contribution < 1.29 is 0 Å². The molecule has 6 aromatic carbocycles. The predicted octanol–water partition coefficient (Wildman–Crippen LogP) is 11.1. The Labute approximate surface area is 285 Å². The smallest absolute Gasteiger partial charge is 0.220 e. The number of para-hydroxylation sites is 4. The number of aromatic nitrogens is 3. The second-order valence-electron chi connectivity index (χ2n) is 15.2. The van der Waals surface area contributed by atoms with Crippen LogP contribution in [0.15, 0.2) is 140 Å². The zero-order valence-corrected chi connectivity index (χ0v) is 27.3. The molecule has 5 unspecified atom stereocenters. The average molecular weight is 630 g/mol. The fraction of sp³-hybridized carbons (Fsp3) is 0.196. The van der Waals surface area contributed by atoms with Gasteiger partial charge in [0.15, 0.2) is 0 Å². The zero-order valence-electron chi connectivity index (χ0n) is 27.3. The summed E-state index contributed by atoms with van der Waals surface area (Å²) in [6.45, 7) is 0. The van der Waals surface area contributed by atoms with Crippen LogP contribution in [0.1, 0.15) is 36.8 Å². The van der Waals surface area contributed by atoms with Crippen LogP contribution in [0.2, 0.25) is 0 Å². The van der Waals surface area contributed by atoms with E-state index in [9.17, 15) is 0 Å². The molecule has 0 amide bonds. The average Bonchev–Trinajstić information content (AvgIpc) is 3.91. The van der Waals surface area contributed by atoms with Gasteiger partial charge in [0.2, 0.25) is 5.95 Å². The molecule has 4 bridgehead atoms. The topological polar surface area (TPSA) is 22.8 Å². The van der Waals surface area contributed by atoms with Crippen LogP contribution < -0.4 is 0 Å². The van der Waals surface area contributed by atoms with E-state index in [4.69, 9.17) is 4.98 Å². The lowest BCUT2D eigenvalue weighted by molar-refractivity contribution is 0.191. The van der Waals surface area contributed by atoms with Crippen LogP contribution in [-0.4, -0.2) is 14.1 Å². The van der Waals surface area contributed by atoms with Crippen LogP contribution in [0.25, 0.3) is 66.7 Å². The Morgan fingerprint density at radius 1 is 0.551 bits per heavy atom. The maximum Gasteiger partial charge on any atom is 0.220 e. The van der Waals surface area contributed by atoms with Gasteiger partial charge in [-0.25, -0.2) is 4.98 Å². The van der Waals surface area contributed by atoms with E-state index in [0.29, 0.717) is 0 Å². The van der Waals surface area contributed by atoms with E-state index in [-0.39, 0.29) is 5.41 Å². The third-order valence-electron chi connectivity index (χ3n) is 13.1. The molecule has 2 heterocycles.